The van der Waals surface area contributed by atoms with E-state index in [4.69, 9.17) is 5.73 Å². The van der Waals surface area contributed by atoms with E-state index >= 15 is 0 Å². The van der Waals surface area contributed by atoms with Crippen LogP contribution in [0, 0.1) is 17.2 Å². The highest BCUT2D eigenvalue weighted by Crippen LogP contribution is 2.36. The molecule has 1 saturated carbocycles. The van der Waals surface area contributed by atoms with Gasteiger partial charge in [-0.3, -0.25) is 9.69 Å². The second-order valence-corrected chi connectivity index (χ2v) is 8.12. The minimum Gasteiger partial charge on any atom is -0.348 e. The van der Waals surface area contributed by atoms with Gasteiger partial charge in [-0.1, -0.05) is 31.9 Å². The summed E-state index contributed by atoms with van der Waals surface area (Å²) >= 11 is 0. The quantitative estimate of drug-likeness (QED) is 0.792. The third-order valence-electron chi connectivity index (χ3n) is 5.91. The Morgan fingerprint density at radius 1 is 1.35 bits per heavy atom. The van der Waals surface area contributed by atoms with Crippen LogP contribution in [0.1, 0.15) is 50.6 Å². The Labute approximate surface area is 162 Å². The number of carbonyl (C=O) groups excluding carboxylic acids is 1. The van der Waals surface area contributed by atoms with Crippen molar-refractivity contribution in [2.24, 2.45) is 17.1 Å². The van der Waals surface area contributed by atoms with Gasteiger partial charge in [-0.2, -0.15) is 0 Å². The number of carbonyl (C=O) groups is 1. The van der Waals surface area contributed by atoms with Gasteiger partial charge in [0.15, 0.2) is 0 Å². The number of hydrogen-bond acceptors (Lipinski definition) is 3. The molecule has 2 atom stereocenters. The van der Waals surface area contributed by atoms with E-state index in [-0.39, 0.29) is 35.6 Å². The van der Waals surface area contributed by atoms with Crippen LogP contribution in [0.15, 0.2) is 24.3 Å². The zero-order valence-corrected chi connectivity index (χ0v) is 16.4. The molecule has 1 saturated heterocycles. The maximum absolute atomic E-state index is 13.3. The molecule has 1 heterocycles. The average molecular weight is 384 g/mol. The van der Waals surface area contributed by atoms with Gasteiger partial charge in [-0.05, 0) is 61.4 Å². The Morgan fingerprint density at radius 3 is 2.58 bits per heavy atom. The zero-order valence-electron chi connectivity index (χ0n) is 15.5. The van der Waals surface area contributed by atoms with Gasteiger partial charge in [0, 0.05) is 6.54 Å². The van der Waals surface area contributed by atoms with Crippen LogP contribution in [0.5, 0.6) is 0 Å². The third kappa shape index (κ3) is 5.18. The Morgan fingerprint density at radius 2 is 2.00 bits per heavy atom. The standard InChI is InChI=1S/C20H30FN3O.ClH/c1-20(13-22)10-11-24(14-20)12-18(25)23-19(15-4-2-3-5-15)16-6-8-17(21)9-7-16;/h6-9,15,19H,2-5,10-14,22H2,1H3,(H,23,25);1H. The van der Waals surface area contributed by atoms with Crippen LogP contribution in [-0.4, -0.2) is 37.0 Å². The minimum absolute atomic E-state index is 0. The SMILES string of the molecule is CC1(CN)CCN(CC(=O)NC(c2ccc(F)cc2)C2CCCC2)C1.Cl. The van der Waals surface area contributed by atoms with Crippen molar-refractivity contribution < 1.29 is 9.18 Å². The number of likely N-dealkylation sites (tertiary alicyclic amines) is 1. The van der Waals surface area contributed by atoms with Gasteiger partial charge in [0.2, 0.25) is 5.91 Å². The molecular weight excluding hydrogens is 353 g/mol. The lowest BCUT2D eigenvalue weighted by Crippen LogP contribution is -2.41. The van der Waals surface area contributed by atoms with Crippen molar-refractivity contribution in [3.63, 3.8) is 0 Å². The van der Waals surface area contributed by atoms with Crippen molar-refractivity contribution in [2.75, 3.05) is 26.2 Å². The van der Waals surface area contributed by atoms with E-state index in [0.717, 1.165) is 37.9 Å². The van der Waals surface area contributed by atoms with Gasteiger partial charge >= 0.3 is 0 Å². The molecule has 3 rings (SSSR count). The maximum atomic E-state index is 13.3. The van der Waals surface area contributed by atoms with Crippen LogP contribution in [0.3, 0.4) is 0 Å². The van der Waals surface area contributed by atoms with Crippen molar-refractivity contribution in [3.05, 3.63) is 35.6 Å². The predicted molar refractivity (Wildman–Crippen MR) is 105 cm³/mol. The topological polar surface area (TPSA) is 58.4 Å². The largest absolute Gasteiger partial charge is 0.348 e. The fourth-order valence-corrected chi connectivity index (χ4v) is 4.28. The lowest BCUT2D eigenvalue weighted by molar-refractivity contribution is -0.123. The minimum atomic E-state index is -0.238. The van der Waals surface area contributed by atoms with E-state index in [2.05, 4.69) is 17.1 Å². The van der Waals surface area contributed by atoms with Gasteiger partial charge in [0.1, 0.15) is 5.82 Å². The van der Waals surface area contributed by atoms with Crippen molar-refractivity contribution in [1.29, 1.82) is 0 Å². The molecule has 0 spiro atoms. The molecule has 26 heavy (non-hydrogen) atoms. The molecule has 2 unspecified atom stereocenters. The number of rotatable bonds is 6. The molecule has 146 valence electrons. The second-order valence-electron chi connectivity index (χ2n) is 8.12. The summed E-state index contributed by atoms with van der Waals surface area (Å²) < 4.78 is 13.3. The molecule has 6 heteroatoms. The fourth-order valence-electron chi connectivity index (χ4n) is 4.28. The summed E-state index contributed by atoms with van der Waals surface area (Å²) in [5, 5.41) is 3.23. The Kier molecular flexibility index (Phi) is 7.44. The monoisotopic (exact) mass is 383 g/mol. The highest BCUT2D eigenvalue weighted by Gasteiger charge is 2.34. The van der Waals surface area contributed by atoms with E-state index in [1.54, 1.807) is 12.1 Å². The average Bonchev–Trinajstić information content (AvgIpc) is 3.24. The van der Waals surface area contributed by atoms with Crippen molar-refractivity contribution in [2.45, 2.75) is 45.1 Å². The molecule has 0 bridgehead atoms. The van der Waals surface area contributed by atoms with Crippen LogP contribution in [0.4, 0.5) is 4.39 Å². The van der Waals surface area contributed by atoms with Crippen LogP contribution in [0.2, 0.25) is 0 Å². The molecule has 1 aromatic carbocycles. The third-order valence-corrected chi connectivity index (χ3v) is 5.91. The Hall–Kier alpha value is -1.17. The first-order valence-electron chi connectivity index (χ1n) is 9.46. The predicted octanol–water partition coefficient (Wildman–Crippen LogP) is 3.27. The lowest BCUT2D eigenvalue weighted by atomic mass is 9.90. The maximum Gasteiger partial charge on any atom is 0.234 e. The second kappa shape index (κ2) is 9.16. The summed E-state index contributed by atoms with van der Waals surface area (Å²) in [4.78, 5) is 14.8. The van der Waals surface area contributed by atoms with Gasteiger partial charge in [-0.25, -0.2) is 4.39 Å². The van der Waals surface area contributed by atoms with E-state index in [1.807, 2.05) is 0 Å². The lowest BCUT2D eigenvalue weighted by Gasteiger charge is -2.27. The summed E-state index contributed by atoms with van der Waals surface area (Å²) in [7, 11) is 0. The van der Waals surface area contributed by atoms with Crippen molar-refractivity contribution in [3.8, 4) is 0 Å². The number of nitrogens with zero attached hydrogens (tertiary/aromatic N) is 1. The summed E-state index contributed by atoms with van der Waals surface area (Å²) in [5.74, 6) is 0.267. The van der Waals surface area contributed by atoms with Gasteiger partial charge in [-0.15, -0.1) is 12.4 Å². The molecule has 0 radical (unpaired) electrons. The molecule has 1 aliphatic carbocycles. The molecule has 3 N–H and O–H groups in total. The highest BCUT2D eigenvalue weighted by molar-refractivity contribution is 5.85. The normalized spacial score (nSPS) is 25.0. The molecule has 2 aliphatic rings. The molecule has 0 aromatic heterocycles. The molecule has 1 aliphatic heterocycles. The van der Waals surface area contributed by atoms with E-state index in [1.165, 1.54) is 25.0 Å². The first-order valence-corrected chi connectivity index (χ1v) is 9.46. The molecule has 4 nitrogen and oxygen atoms in total. The summed E-state index contributed by atoms with van der Waals surface area (Å²) in [6.45, 7) is 5.06. The highest BCUT2D eigenvalue weighted by atomic mass is 35.5. The van der Waals surface area contributed by atoms with E-state index in [0.29, 0.717) is 19.0 Å². The molecule has 1 amide bonds. The van der Waals surface area contributed by atoms with E-state index < -0.39 is 0 Å². The van der Waals surface area contributed by atoms with Gasteiger partial charge < -0.3 is 11.1 Å². The Balaban J connectivity index is 0.00000243. The van der Waals surface area contributed by atoms with Crippen LogP contribution in [-0.2, 0) is 4.79 Å². The molecule has 1 aromatic rings. The number of hydrogen-bond donors (Lipinski definition) is 2. The summed E-state index contributed by atoms with van der Waals surface area (Å²) in [6, 6.07) is 6.56. The number of nitrogens with one attached hydrogen (secondary N) is 1. The number of nitrogens with two attached hydrogens (primary N) is 1. The summed E-state index contributed by atoms with van der Waals surface area (Å²) in [6.07, 6.45) is 5.70. The van der Waals surface area contributed by atoms with Crippen molar-refractivity contribution >= 4 is 18.3 Å². The van der Waals surface area contributed by atoms with Gasteiger partial charge in [0.25, 0.3) is 0 Å². The zero-order chi connectivity index (χ0) is 17.9. The molecular formula is C20H31ClFN3O. The van der Waals surface area contributed by atoms with E-state index in [9.17, 15) is 9.18 Å². The first kappa shape index (κ1) is 21.1. The van der Waals surface area contributed by atoms with Gasteiger partial charge in [0.05, 0.1) is 12.6 Å². The Bertz CT molecular complexity index is 591. The van der Waals surface area contributed by atoms with Crippen molar-refractivity contribution in [1.82, 2.24) is 10.2 Å². The first-order chi connectivity index (χ1) is 12.0. The van der Waals surface area contributed by atoms with Crippen LogP contribution < -0.4 is 11.1 Å². The fraction of sp³-hybridized carbons (Fsp3) is 0.650. The molecule has 2 fully saturated rings. The number of amides is 1. The summed E-state index contributed by atoms with van der Waals surface area (Å²) in [5.41, 5.74) is 6.99. The van der Waals surface area contributed by atoms with Crippen LogP contribution in [0.25, 0.3) is 0 Å². The van der Waals surface area contributed by atoms with Crippen LogP contribution >= 0.6 is 12.4 Å². The number of benzene rings is 1. The number of halogens is 2. The smallest absolute Gasteiger partial charge is 0.234 e.